The first-order chi connectivity index (χ1) is 18.7. The number of piperidine rings is 1. The van der Waals surface area contributed by atoms with Crippen LogP contribution >= 0.6 is 11.6 Å². The molecule has 0 bridgehead atoms. The predicted octanol–water partition coefficient (Wildman–Crippen LogP) is 2.85. The van der Waals surface area contributed by atoms with Crippen LogP contribution in [0.3, 0.4) is 0 Å². The lowest BCUT2D eigenvalue weighted by molar-refractivity contribution is 0.154. The number of para-hydroxylation sites is 1. The van der Waals surface area contributed by atoms with E-state index >= 15 is 0 Å². The summed E-state index contributed by atoms with van der Waals surface area (Å²) >= 11 is 5.90. The average Bonchev–Trinajstić information content (AvgIpc) is 3.53. The van der Waals surface area contributed by atoms with Crippen molar-refractivity contribution in [2.75, 3.05) is 32.2 Å². The molecule has 0 radical (unpaired) electrons. The molecule has 4 aromatic rings. The van der Waals surface area contributed by atoms with Crippen molar-refractivity contribution in [3.8, 4) is 28.8 Å². The Bertz CT molecular complexity index is 1550. The summed E-state index contributed by atoms with van der Waals surface area (Å²) in [6, 6.07) is 8.73. The van der Waals surface area contributed by atoms with Crippen LogP contribution < -0.4 is 14.4 Å². The second-order valence-electron chi connectivity index (χ2n) is 9.12. The number of nitrogens with zero attached hydrogens (tertiary/aromatic N) is 6. The SMILES string of the molecule is COc1cccc(OC)c1-n1c(CS(=O)(=O)[C@@H]2C[C@H](O)CN(c3ncc(Cl)cn3)C2)nnc1-c1ccc(C)o1. The van der Waals surface area contributed by atoms with Crippen LogP contribution in [0, 0.1) is 6.92 Å². The Kier molecular flexibility index (Phi) is 7.47. The number of anilines is 1. The zero-order valence-corrected chi connectivity index (χ0v) is 23.1. The van der Waals surface area contributed by atoms with Crippen molar-refractivity contribution in [2.24, 2.45) is 0 Å². The number of aryl methyl sites for hydroxylation is 1. The fourth-order valence-electron chi connectivity index (χ4n) is 4.63. The van der Waals surface area contributed by atoms with Gasteiger partial charge in [-0.2, -0.15) is 0 Å². The molecule has 1 N–H and O–H groups in total. The van der Waals surface area contributed by atoms with Crippen molar-refractivity contribution in [3.63, 3.8) is 0 Å². The maximum Gasteiger partial charge on any atom is 0.225 e. The molecule has 12 nitrogen and oxygen atoms in total. The zero-order valence-electron chi connectivity index (χ0n) is 21.5. The van der Waals surface area contributed by atoms with E-state index < -0.39 is 26.9 Å². The van der Waals surface area contributed by atoms with Gasteiger partial charge in [0.2, 0.25) is 11.8 Å². The maximum absolute atomic E-state index is 13.8. The van der Waals surface area contributed by atoms with Crippen LogP contribution in [0.2, 0.25) is 5.02 Å². The highest BCUT2D eigenvalue weighted by atomic mass is 35.5. The topological polar surface area (TPSA) is 146 Å². The van der Waals surface area contributed by atoms with Gasteiger partial charge >= 0.3 is 0 Å². The molecule has 3 aromatic heterocycles. The van der Waals surface area contributed by atoms with E-state index in [2.05, 4.69) is 20.2 Å². The van der Waals surface area contributed by atoms with Crippen molar-refractivity contribution in [3.05, 3.63) is 59.3 Å². The van der Waals surface area contributed by atoms with Gasteiger partial charge in [0, 0.05) is 13.1 Å². The van der Waals surface area contributed by atoms with Crippen molar-refractivity contribution in [2.45, 2.75) is 30.5 Å². The van der Waals surface area contributed by atoms with Gasteiger partial charge in [-0.25, -0.2) is 18.4 Å². The van der Waals surface area contributed by atoms with Crippen molar-refractivity contribution in [1.29, 1.82) is 0 Å². The molecule has 39 heavy (non-hydrogen) atoms. The number of aliphatic hydroxyl groups is 1. The quantitative estimate of drug-likeness (QED) is 0.331. The molecule has 0 unspecified atom stereocenters. The molecule has 4 heterocycles. The van der Waals surface area contributed by atoms with Gasteiger partial charge in [0.15, 0.2) is 21.4 Å². The van der Waals surface area contributed by atoms with E-state index in [4.69, 9.17) is 25.5 Å². The minimum atomic E-state index is -3.87. The molecule has 14 heteroatoms. The highest BCUT2D eigenvalue weighted by molar-refractivity contribution is 7.91. The van der Waals surface area contributed by atoms with Crippen LogP contribution in [0.5, 0.6) is 11.5 Å². The number of hydrogen-bond acceptors (Lipinski definition) is 11. The van der Waals surface area contributed by atoms with Crippen molar-refractivity contribution in [1.82, 2.24) is 24.7 Å². The van der Waals surface area contributed by atoms with E-state index in [1.807, 2.05) is 0 Å². The first kappa shape index (κ1) is 26.9. The Balaban J connectivity index is 1.55. The summed E-state index contributed by atoms with van der Waals surface area (Å²) < 4.78 is 46.2. The third-order valence-electron chi connectivity index (χ3n) is 6.43. The number of methoxy groups -OCH3 is 2. The molecule has 1 fully saturated rings. The highest BCUT2D eigenvalue weighted by Crippen LogP contribution is 2.37. The van der Waals surface area contributed by atoms with Gasteiger partial charge in [-0.15, -0.1) is 10.2 Å². The van der Waals surface area contributed by atoms with Gasteiger partial charge in [0.05, 0.1) is 43.0 Å². The summed E-state index contributed by atoms with van der Waals surface area (Å²) in [6.07, 6.45) is 2.01. The van der Waals surface area contributed by atoms with Gasteiger partial charge in [-0.05, 0) is 37.6 Å². The second-order valence-corrected chi connectivity index (χ2v) is 11.8. The number of aliphatic hydroxyl groups excluding tert-OH is 1. The Morgan fingerprint density at radius 1 is 1.08 bits per heavy atom. The molecule has 0 aliphatic carbocycles. The Hall–Kier alpha value is -3.68. The first-order valence-corrected chi connectivity index (χ1v) is 14.1. The Labute approximate surface area is 230 Å². The molecule has 5 rings (SSSR count). The first-order valence-electron chi connectivity index (χ1n) is 12.0. The lowest BCUT2D eigenvalue weighted by atomic mass is 10.1. The number of benzene rings is 1. The highest BCUT2D eigenvalue weighted by Gasteiger charge is 2.37. The molecule has 1 aliphatic rings. The van der Waals surface area contributed by atoms with Crippen LogP contribution in [0.15, 0.2) is 47.1 Å². The largest absolute Gasteiger partial charge is 0.494 e. The molecule has 0 spiro atoms. The fraction of sp³-hybridized carbons (Fsp3) is 0.360. The van der Waals surface area contributed by atoms with E-state index in [1.165, 1.54) is 26.6 Å². The van der Waals surface area contributed by atoms with Gasteiger partial charge in [0.1, 0.15) is 28.7 Å². The summed E-state index contributed by atoms with van der Waals surface area (Å²) in [5.41, 5.74) is 0.432. The third kappa shape index (κ3) is 5.42. The summed E-state index contributed by atoms with van der Waals surface area (Å²) in [6.45, 7) is 2.09. The molecule has 1 aliphatic heterocycles. The van der Waals surface area contributed by atoms with E-state index in [1.54, 1.807) is 46.7 Å². The zero-order chi connectivity index (χ0) is 27.7. The van der Waals surface area contributed by atoms with Crippen LogP contribution in [0.1, 0.15) is 18.0 Å². The number of ether oxygens (including phenoxy) is 2. The number of hydrogen-bond donors (Lipinski definition) is 1. The second kappa shape index (κ2) is 10.8. The molecule has 1 saturated heterocycles. The number of aromatic nitrogens is 5. The number of sulfone groups is 1. The number of furan rings is 1. The van der Waals surface area contributed by atoms with E-state index in [9.17, 15) is 13.5 Å². The Morgan fingerprint density at radius 3 is 2.38 bits per heavy atom. The van der Waals surface area contributed by atoms with E-state index in [-0.39, 0.29) is 37.1 Å². The normalized spacial score (nSPS) is 17.8. The predicted molar refractivity (Wildman–Crippen MR) is 143 cm³/mol. The summed E-state index contributed by atoms with van der Waals surface area (Å²) in [4.78, 5) is 10.00. The third-order valence-corrected chi connectivity index (χ3v) is 8.65. The number of rotatable bonds is 8. The molecular formula is C25H27ClN6O6S. The number of halogens is 1. The minimum Gasteiger partial charge on any atom is -0.494 e. The smallest absolute Gasteiger partial charge is 0.225 e. The molecule has 0 saturated carbocycles. The van der Waals surface area contributed by atoms with E-state index in [0.717, 1.165) is 0 Å². The van der Waals surface area contributed by atoms with Gasteiger partial charge in [-0.1, -0.05) is 17.7 Å². The summed E-state index contributed by atoms with van der Waals surface area (Å²) in [5.74, 6) is 2.15. The Morgan fingerprint density at radius 2 is 1.77 bits per heavy atom. The molecule has 0 amide bonds. The van der Waals surface area contributed by atoms with Gasteiger partial charge in [0.25, 0.3) is 0 Å². The van der Waals surface area contributed by atoms with Crippen LogP contribution in [0.25, 0.3) is 17.3 Å². The lowest BCUT2D eigenvalue weighted by Crippen LogP contribution is -2.49. The molecule has 2 atom stereocenters. The summed E-state index contributed by atoms with van der Waals surface area (Å²) in [7, 11) is -0.857. The van der Waals surface area contributed by atoms with Crippen LogP contribution in [0.4, 0.5) is 5.95 Å². The number of β-amino-alcohol motifs (C(OH)–C–C–N with tert-alkyl or cyclic N) is 1. The van der Waals surface area contributed by atoms with Crippen LogP contribution in [-0.2, 0) is 15.6 Å². The standard InChI is InChI=1S/C25H27ClN6O6S/c1-15-7-8-21(38-15)24-30-29-22(32(24)23-19(36-2)5-4-6-20(23)37-3)14-39(34,35)18-9-17(33)12-31(13-18)25-27-10-16(26)11-28-25/h4-8,10-11,17-18,33H,9,12-14H2,1-3H3/t17-,18+/m0/s1. The molecular weight excluding hydrogens is 548 g/mol. The van der Waals surface area contributed by atoms with E-state index in [0.29, 0.717) is 33.7 Å². The van der Waals surface area contributed by atoms with Gasteiger partial charge in [-0.3, -0.25) is 4.57 Å². The fourth-order valence-corrected chi connectivity index (χ4v) is 6.43. The molecule has 206 valence electrons. The van der Waals surface area contributed by atoms with Crippen LogP contribution in [-0.4, -0.2) is 76.9 Å². The minimum absolute atomic E-state index is 0.0583. The average molecular weight is 575 g/mol. The molecule has 1 aromatic carbocycles. The maximum atomic E-state index is 13.8. The van der Waals surface area contributed by atoms with Gasteiger partial charge < -0.3 is 23.9 Å². The monoisotopic (exact) mass is 574 g/mol. The summed E-state index contributed by atoms with van der Waals surface area (Å²) in [5, 5.41) is 18.5. The lowest BCUT2D eigenvalue weighted by Gasteiger charge is -2.35. The van der Waals surface area contributed by atoms with Crippen molar-refractivity contribution < 1.29 is 27.4 Å². The van der Waals surface area contributed by atoms with Crippen molar-refractivity contribution >= 4 is 27.4 Å².